The third kappa shape index (κ3) is 2.99. The molecule has 2 rings (SSSR count). The predicted octanol–water partition coefficient (Wildman–Crippen LogP) is 2.89. The first-order valence-corrected chi connectivity index (χ1v) is 7.72. The fourth-order valence-electron chi connectivity index (χ4n) is 2.55. The normalized spacial score (nSPS) is 11.6. The van der Waals surface area contributed by atoms with Gasteiger partial charge in [0.25, 0.3) is 0 Å². The Kier molecular flexibility index (Phi) is 5.43. The average Bonchev–Trinajstić information content (AvgIpc) is 2.94. The van der Waals surface area contributed by atoms with Crippen molar-refractivity contribution in [3.63, 3.8) is 0 Å². The molecule has 0 aromatic carbocycles. The van der Waals surface area contributed by atoms with Crippen molar-refractivity contribution in [2.45, 2.75) is 45.0 Å². The third-order valence-corrected chi connectivity index (χ3v) is 3.70. The van der Waals surface area contributed by atoms with Gasteiger partial charge in [-0.3, -0.25) is 4.68 Å². The third-order valence-electron chi connectivity index (χ3n) is 3.46. The van der Waals surface area contributed by atoms with Gasteiger partial charge in [-0.2, -0.15) is 5.10 Å². The number of fused-ring (bicyclic) bond motifs is 1. The highest BCUT2D eigenvalue weighted by atomic mass is 35.5. The van der Waals surface area contributed by atoms with Gasteiger partial charge in [0.1, 0.15) is 11.3 Å². The maximum atomic E-state index is 6.04. The van der Waals surface area contributed by atoms with Gasteiger partial charge in [0.15, 0.2) is 5.65 Å². The second-order valence-electron chi connectivity index (χ2n) is 5.01. The molecule has 2 heterocycles. The highest BCUT2D eigenvalue weighted by Crippen LogP contribution is 2.22. The van der Waals surface area contributed by atoms with Crippen LogP contribution in [-0.2, 0) is 30.6 Å². The van der Waals surface area contributed by atoms with E-state index >= 15 is 0 Å². The number of halogens is 1. The summed E-state index contributed by atoms with van der Waals surface area (Å²) in [4.78, 5) is 4.69. The molecule has 0 aliphatic rings. The maximum absolute atomic E-state index is 6.04. The van der Waals surface area contributed by atoms with Crippen LogP contribution in [0.15, 0.2) is 0 Å². The summed E-state index contributed by atoms with van der Waals surface area (Å²) in [5.74, 6) is 1.37. The summed E-state index contributed by atoms with van der Waals surface area (Å²) in [6, 6.07) is 0. The fourth-order valence-corrected chi connectivity index (χ4v) is 2.75. The number of alkyl halides is 1. The molecule has 0 N–H and O–H groups in total. The minimum atomic E-state index is 0.435. The van der Waals surface area contributed by atoms with E-state index in [1.165, 1.54) is 0 Å². The van der Waals surface area contributed by atoms with E-state index in [9.17, 15) is 0 Å². The number of hydrogen-bond donors (Lipinski definition) is 0. The van der Waals surface area contributed by atoms with Crippen molar-refractivity contribution in [3.8, 4) is 0 Å². The van der Waals surface area contributed by atoms with Crippen LogP contribution in [0.1, 0.15) is 37.7 Å². The van der Waals surface area contributed by atoms with Gasteiger partial charge in [-0.1, -0.05) is 13.3 Å². The monoisotopic (exact) mass is 298 g/mol. The molecule has 0 aliphatic heterocycles. The Labute approximate surface area is 124 Å². The van der Waals surface area contributed by atoms with Crippen LogP contribution in [0, 0.1) is 0 Å². The summed E-state index contributed by atoms with van der Waals surface area (Å²) >= 11 is 6.04. The lowest BCUT2D eigenvalue weighted by Gasteiger charge is -2.07. The molecular formula is C14H23ClN4O. The summed E-state index contributed by atoms with van der Waals surface area (Å²) in [5.41, 5.74) is 3.17. The van der Waals surface area contributed by atoms with Gasteiger partial charge in [0.05, 0.1) is 11.6 Å². The number of nitrogens with zero attached hydrogens (tertiary/aromatic N) is 4. The summed E-state index contributed by atoms with van der Waals surface area (Å²) < 4.78 is 9.23. The number of imidazole rings is 1. The first-order chi connectivity index (χ1) is 9.72. The van der Waals surface area contributed by atoms with Gasteiger partial charge < -0.3 is 9.30 Å². The molecule has 6 heteroatoms. The van der Waals surface area contributed by atoms with Crippen molar-refractivity contribution in [1.29, 1.82) is 0 Å². The molecule has 0 aliphatic carbocycles. The Hall–Kier alpha value is -1.07. The summed E-state index contributed by atoms with van der Waals surface area (Å²) in [6.07, 6.45) is 4.12. The second-order valence-corrected chi connectivity index (χ2v) is 5.27. The molecular weight excluding hydrogens is 276 g/mol. The van der Waals surface area contributed by atoms with Crippen LogP contribution in [0.3, 0.4) is 0 Å². The van der Waals surface area contributed by atoms with E-state index in [2.05, 4.69) is 21.6 Å². The minimum Gasteiger partial charge on any atom is -0.385 e. The smallest absolute Gasteiger partial charge is 0.158 e. The van der Waals surface area contributed by atoms with Crippen LogP contribution in [0.25, 0.3) is 11.2 Å². The highest BCUT2D eigenvalue weighted by molar-refractivity contribution is 6.16. The molecule has 2 aromatic rings. The zero-order valence-electron chi connectivity index (χ0n) is 12.5. The van der Waals surface area contributed by atoms with Crippen molar-refractivity contribution in [1.82, 2.24) is 19.3 Å². The zero-order valence-corrected chi connectivity index (χ0v) is 13.3. The molecule has 0 radical (unpaired) electrons. The largest absolute Gasteiger partial charge is 0.385 e. The van der Waals surface area contributed by atoms with E-state index in [0.29, 0.717) is 5.88 Å². The number of aryl methyl sites for hydroxylation is 3. The molecule has 0 amide bonds. The standard InChI is InChI=1S/C14H23ClN4O/c1-4-7-11-13-14(18(2)17-11)19(12(10-15)16-13)8-5-6-9-20-3/h4-10H2,1-3H3. The second kappa shape index (κ2) is 7.09. The van der Waals surface area contributed by atoms with Gasteiger partial charge in [-0.05, 0) is 19.3 Å². The van der Waals surface area contributed by atoms with Crippen molar-refractivity contribution < 1.29 is 4.74 Å². The Morgan fingerprint density at radius 3 is 2.75 bits per heavy atom. The maximum Gasteiger partial charge on any atom is 0.158 e. The summed E-state index contributed by atoms with van der Waals surface area (Å²) in [7, 11) is 3.71. The summed E-state index contributed by atoms with van der Waals surface area (Å²) in [6.45, 7) is 3.86. The zero-order chi connectivity index (χ0) is 14.5. The summed E-state index contributed by atoms with van der Waals surface area (Å²) in [5, 5.41) is 4.59. The Balaban J connectivity index is 2.30. The van der Waals surface area contributed by atoms with E-state index in [1.54, 1.807) is 7.11 Å². The number of hydrogen-bond acceptors (Lipinski definition) is 3. The van der Waals surface area contributed by atoms with E-state index in [4.69, 9.17) is 16.3 Å². The number of ether oxygens (including phenoxy) is 1. The lowest BCUT2D eigenvalue weighted by Crippen LogP contribution is -2.07. The van der Waals surface area contributed by atoms with E-state index in [1.807, 2.05) is 11.7 Å². The topological polar surface area (TPSA) is 44.9 Å². The quantitative estimate of drug-likeness (QED) is 0.556. The number of methoxy groups -OCH3 is 1. The molecule has 112 valence electrons. The van der Waals surface area contributed by atoms with Crippen molar-refractivity contribution in [2.75, 3.05) is 13.7 Å². The SMILES string of the molecule is CCCc1nn(C)c2c1nc(CCl)n2CCCCOC. The van der Waals surface area contributed by atoms with E-state index in [0.717, 1.165) is 61.5 Å². The number of unbranched alkanes of at least 4 members (excludes halogenated alkanes) is 1. The van der Waals surface area contributed by atoms with Gasteiger partial charge in [0.2, 0.25) is 0 Å². The Morgan fingerprint density at radius 1 is 1.30 bits per heavy atom. The van der Waals surface area contributed by atoms with E-state index in [-0.39, 0.29) is 0 Å². The van der Waals surface area contributed by atoms with Crippen molar-refractivity contribution in [2.24, 2.45) is 7.05 Å². The van der Waals surface area contributed by atoms with Gasteiger partial charge in [-0.15, -0.1) is 11.6 Å². The molecule has 2 aromatic heterocycles. The van der Waals surface area contributed by atoms with Gasteiger partial charge >= 0.3 is 0 Å². The Morgan fingerprint density at radius 2 is 2.10 bits per heavy atom. The molecule has 0 bridgehead atoms. The van der Waals surface area contributed by atoms with Crippen LogP contribution < -0.4 is 0 Å². The van der Waals surface area contributed by atoms with E-state index < -0.39 is 0 Å². The van der Waals surface area contributed by atoms with Crippen molar-refractivity contribution in [3.05, 3.63) is 11.5 Å². The number of aromatic nitrogens is 4. The van der Waals surface area contributed by atoms with Gasteiger partial charge in [0, 0.05) is 27.3 Å². The first-order valence-electron chi connectivity index (χ1n) is 7.18. The molecule has 0 saturated carbocycles. The molecule has 0 unspecified atom stereocenters. The molecule has 0 spiro atoms. The minimum absolute atomic E-state index is 0.435. The highest BCUT2D eigenvalue weighted by Gasteiger charge is 2.17. The lowest BCUT2D eigenvalue weighted by atomic mass is 10.2. The molecule has 0 atom stereocenters. The van der Waals surface area contributed by atoms with Crippen LogP contribution in [0.2, 0.25) is 0 Å². The molecule has 5 nitrogen and oxygen atoms in total. The van der Waals surface area contributed by atoms with Crippen LogP contribution in [0.4, 0.5) is 0 Å². The van der Waals surface area contributed by atoms with Crippen LogP contribution >= 0.6 is 11.6 Å². The number of rotatable bonds is 8. The lowest BCUT2D eigenvalue weighted by molar-refractivity contribution is 0.191. The van der Waals surface area contributed by atoms with Crippen LogP contribution in [-0.4, -0.2) is 33.0 Å². The fraction of sp³-hybridized carbons (Fsp3) is 0.714. The van der Waals surface area contributed by atoms with Gasteiger partial charge in [-0.25, -0.2) is 4.98 Å². The molecule has 20 heavy (non-hydrogen) atoms. The molecule has 0 saturated heterocycles. The van der Waals surface area contributed by atoms with Crippen LogP contribution in [0.5, 0.6) is 0 Å². The molecule has 0 fully saturated rings. The predicted molar refractivity (Wildman–Crippen MR) is 81.2 cm³/mol. The average molecular weight is 299 g/mol. The van der Waals surface area contributed by atoms with Crippen molar-refractivity contribution >= 4 is 22.8 Å². The Bertz CT molecular complexity index is 561. The first kappa shape index (κ1) is 15.3.